The highest BCUT2D eigenvalue weighted by Crippen LogP contribution is 2.34. The van der Waals surface area contributed by atoms with Gasteiger partial charge >= 0.3 is 6.03 Å². The number of piperazine rings is 1. The van der Waals surface area contributed by atoms with Crippen molar-refractivity contribution in [2.75, 3.05) is 31.5 Å². The highest BCUT2D eigenvalue weighted by molar-refractivity contribution is 6.36. The van der Waals surface area contributed by atoms with Crippen LogP contribution in [0.5, 0.6) is 0 Å². The summed E-state index contributed by atoms with van der Waals surface area (Å²) in [6.07, 6.45) is 3.87. The number of H-pyrrole nitrogens is 2. The highest BCUT2D eigenvalue weighted by atomic mass is 35.5. The minimum absolute atomic E-state index is 0.0525. The molecule has 2 aromatic heterocycles. The summed E-state index contributed by atoms with van der Waals surface area (Å²) >= 11 is 6.29. The lowest BCUT2D eigenvalue weighted by atomic mass is 10.1. The van der Waals surface area contributed by atoms with E-state index in [2.05, 4.69) is 26.7 Å². The van der Waals surface area contributed by atoms with Gasteiger partial charge < -0.3 is 25.5 Å². The van der Waals surface area contributed by atoms with Crippen LogP contribution in [-0.4, -0.2) is 47.1 Å². The first-order valence-corrected chi connectivity index (χ1v) is 9.72. The molecule has 0 spiro atoms. The van der Waals surface area contributed by atoms with Crippen LogP contribution < -0.4 is 10.6 Å². The van der Waals surface area contributed by atoms with Crippen LogP contribution in [0.2, 0.25) is 5.02 Å². The number of carbonyl (C=O) groups excluding carboxylic acids is 1. The molecule has 1 aliphatic rings. The molecule has 4 aromatic rings. The van der Waals surface area contributed by atoms with Crippen molar-refractivity contribution in [3.8, 4) is 11.3 Å². The molecular formula is C21H20ClN5O. The smallest absolute Gasteiger partial charge is 0.321 e. The number of anilines is 1. The first-order chi connectivity index (χ1) is 13.7. The van der Waals surface area contributed by atoms with Crippen molar-refractivity contribution in [1.82, 2.24) is 20.2 Å². The predicted octanol–water partition coefficient (Wildman–Crippen LogP) is 4.41. The van der Waals surface area contributed by atoms with E-state index in [0.29, 0.717) is 0 Å². The number of aromatic nitrogens is 2. The molecule has 2 amide bonds. The molecule has 0 bridgehead atoms. The van der Waals surface area contributed by atoms with Crippen LogP contribution in [0, 0.1) is 0 Å². The summed E-state index contributed by atoms with van der Waals surface area (Å²) in [7, 11) is 0. The zero-order chi connectivity index (χ0) is 19.1. The van der Waals surface area contributed by atoms with E-state index in [0.717, 1.165) is 69.8 Å². The maximum Gasteiger partial charge on any atom is 0.321 e. The maximum absolute atomic E-state index is 12.4. The Kier molecular flexibility index (Phi) is 4.22. The first kappa shape index (κ1) is 17.2. The summed E-state index contributed by atoms with van der Waals surface area (Å²) in [6, 6.07) is 11.9. The average molecular weight is 394 g/mol. The van der Waals surface area contributed by atoms with E-state index in [9.17, 15) is 4.79 Å². The minimum atomic E-state index is -0.0525. The Labute approximate surface area is 166 Å². The van der Waals surface area contributed by atoms with Crippen LogP contribution in [0.25, 0.3) is 32.9 Å². The number of amides is 2. The van der Waals surface area contributed by atoms with Crippen molar-refractivity contribution < 1.29 is 4.79 Å². The number of hydrogen-bond acceptors (Lipinski definition) is 2. The van der Waals surface area contributed by atoms with Gasteiger partial charge in [0, 0.05) is 82.2 Å². The molecule has 2 aromatic carbocycles. The number of nitrogens with one attached hydrogen (secondary N) is 4. The van der Waals surface area contributed by atoms with Gasteiger partial charge in [-0.15, -0.1) is 0 Å². The van der Waals surface area contributed by atoms with Crippen molar-refractivity contribution in [2.45, 2.75) is 0 Å². The molecule has 0 saturated carbocycles. The van der Waals surface area contributed by atoms with E-state index < -0.39 is 0 Å². The molecule has 0 unspecified atom stereocenters. The largest absolute Gasteiger partial charge is 0.366 e. The third kappa shape index (κ3) is 3.00. The molecule has 4 N–H and O–H groups in total. The Hall–Kier alpha value is -2.96. The van der Waals surface area contributed by atoms with Crippen molar-refractivity contribution in [3.05, 3.63) is 53.8 Å². The number of aromatic amines is 2. The molecule has 1 saturated heterocycles. The minimum Gasteiger partial charge on any atom is -0.366 e. The summed E-state index contributed by atoms with van der Waals surface area (Å²) in [5.74, 6) is 0. The Morgan fingerprint density at radius 3 is 2.71 bits per heavy atom. The first-order valence-electron chi connectivity index (χ1n) is 9.34. The molecule has 7 heteroatoms. The van der Waals surface area contributed by atoms with Crippen molar-refractivity contribution in [1.29, 1.82) is 0 Å². The fourth-order valence-corrected chi connectivity index (χ4v) is 4.00. The molecule has 0 atom stereocenters. The SMILES string of the molecule is O=C(Nc1ccc2[nH]c(-c3ccc(Cl)c4c[nH]cc34)cc2c1)N1CCNCC1. The third-order valence-electron chi connectivity index (χ3n) is 5.26. The number of hydrogen-bond donors (Lipinski definition) is 4. The molecule has 6 nitrogen and oxygen atoms in total. The highest BCUT2D eigenvalue weighted by Gasteiger charge is 2.16. The fourth-order valence-electron chi connectivity index (χ4n) is 3.78. The van der Waals surface area contributed by atoms with Crippen LogP contribution in [0.4, 0.5) is 10.5 Å². The Morgan fingerprint density at radius 1 is 1.04 bits per heavy atom. The number of urea groups is 1. The zero-order valence-electron chi connectivity index (χ0n) is 15.2. The number of nitrogens with zero attached hydrogens (tertiary/aromatic N) is 1. The predicted molar refractivity (Wildman–Crippen MR) is 114 cm³/mol. The van der Waals surface area contributed by atoms with Gasteiger partial charge in [-0.1, -0.05) is 17.7 Å². The molecule has 142 valence electrons. The lowest BCUT2D eigenvalue weighted by Crippen LogP contribution is -2.48. The monoisotopic (exact) mass is 393 g/mol. The number of benzene rings is 2. The van der Waals surface area contributed by atoms with Gasteiger partial charge in [-0.3, -0.25) is 0 Å². The number of rotatable bonds is 2. The second-order valence-electron chi connectivity index (χ2n) is 7.03. The van der Waals surface area contributed by atoms with Gasteiger partial charge in [-0.2, -0.15) is 0 Å². The van der Waals surface area contributed by atoms with Gasteiger partial charge in [0.05, 0.1) is 0 Å². The molecular weight excluding hydrogens is 374 g/mol. The van der Waals surface area contributed by atoms with Gasteiger partial charge in [0.15, 0.2) is 0 Å². The third-order valence-corrected chi connectivity index (χ3v) is 5.59. The summed E-state index contributed by atoms with van der Waals surface area (Å²) in [5.41, 5.74) is 3.92. The van der Waals surface area contributed by atoms with Crippen LogP contribution in [0.1, 0.15) is 0 Å². The van der Waals surface area contributed by atoms with Gasteiger partial charge in [-0.25, -0.2) is 4.79 Å². The van der Waals surface area contributed by atoms with E-state index in [1.165, 1.54) is 0 Å². The van der Waals surface area contributed by atoms with E-state index in [1.807, 2.05) is 47.6 Å². The van der Waals surface area contributed by atoms with E-state index in [4.69, 9.17) is 11.6 Å². The topological polar surface area (TPSA) is 76.0 Å². The molecule has 0 radical (unpaired) electrons. The molecule has 1 fully saturated rings. The van der Waals surface area contributed by atoms with Gasteiger partial charge in [0.1, 0.15) is 0 Å². The van der Waals surface area contributed by atoms with Gasteiger partial charge in [-0.05, 0) is 30.3 Å². The van der Waals surface area contributed by atoms with Crippen molar-refractivity contribution in [2.24, 2.45) is 0 Å². The zero-order valence-corrected chi connectivity index (χ0v) is 15.9. The number of carbonyl (C=O) groups is 1. The lowest BCUT2D eigenvalue weighted by molar-refractivity contribution is 0.204. The van der Waals surface area contributed by atoms with E-state index in [1.54, 1.807) is 0 Å². The second-order valence-corrected chi connectivity index (χ2v) is 7.44. The molecule has 28 heavy (non-hydrogen) atoms. The summed E-state index contributed by atoms with van der Waals surface area (Å²) in [4.78, 5) is 20.9. The Bertz CT molecular complexity index is 1170. The van der Waals surface area contributed by atoms with Crippen molar-refractivity contribution in [3.63, 3.8) is 0 Å². The fraction of sp³-hybridized carbons (Fsp3) is 0.190. The lowest BCUT2D eigenvalue weighted by Gasteiger charge is -2.27. The van der Waals surface area contributed by atoms with Crippen LogP contribution in [-0.2, 0) is 0 Å². The Balaban J connectivity index is 1.46. The van der Waals surface area contributed by atoms with E-state index >= 15 is 0 Å². The molecule has 0 aliphatic carbocycles. The summed E-state index contributed by atoms with van der Waals surface area (Å²) in [6.45, 7) is 3.13. The van der Waals surface area contributed by atoms with Gasteiger partial charge in [0.2, 0.25) is 0 Å². The second kappa shape index (κ2) is 6.89. The standard InChI is InChI=1S/C21H20ClN5O/c22-18-3-2-15(16-11-24-12-17(16)18)20-10-13-9-14(1-4-19(13)26-20)25-21(28)27-7-5-23-6-8-27/h1-4,9-12,23-24,26H,5-8H2,(H,25,28). The molecule has 1 aliphatic heterocycles. The molecule has 3 heterocycles. The van der Waals surface area contributed by atoms with Crippen LogP contribution in [0.15, 0.2) is 48.8 Å². The Morgan fingerprint density at radius 2 is 1.86 bits per heavy atom. The summed E-state index contributed by atoms with van der Waals surface area (Å²) in [5, 5.41) is 10.1. The van der Waals surface area contributed by atoms with Crippen LogP contribution in [0.3, 0.4) is 0 Å². The van der Waals surface area contributed by atoms with E-state index in [-0.39, 0.29) is 6.03 Å². The summed E-state index contributed by atoms with van der Waals surface area (Å²) < 4.78 is 0. The van der Waals surface area contributed by atoms with Crippen molar-refractivity contribution >= 4 is 45.0 Å². The van der Waals surface area contributed by atoms with Crippen LogP contribution >= 0.6 is 11.6 Å². The average Bonchev–Trinajstić information content (AvgIpc) is 3.36. The number of halogens is 1. The number of fused-ring (bicyclic) bond motifs is 2. The quantitative estimate of drug-likeness (QED) is 0.407. The maximum atomic E-state index is 12.4. The normalized spacial score (nSPS) is 14.7. The van der Waals surface area contributed by atoms with Gasteiger partial charge in [0.25, 0.3) is 0 Å². The molecule has 5 rings (SSSR count).